The number of hydrogen-bond donors (Lipinski definition) is 1. The summed E-state index contributed by atoms with van der Waals surface area (Å²) < 4.78 is 7.53. The molecule has 0 radical (unpaired) electrons. The number of benzene rings is 3. The zero-order valence-electron chi connectivity index (χ0n) is 15.1. The summed E-state index contributed by atoms with van der Waals surface area (Å²) in [6.45, 7) is 1.95. The molecule has 0 atom stereocenters. The van der Waals surface area contributed by atoms with E-state index >= 15 is 0 Å². The van der Waals surface area contributed by atoms with Crippen LogP contribution in [0.4, 0.5) is 5.13 Å². The molecule has 3 aromatic carbocycles. The van der Waals surface area contributed by atoms with Crippen molar-refractivity contribution in [3.8, 4) is 16.9 Å². The molecule has 1 aromatic heterocycles. The molecule has 0 bridgehead atoms. The molecule has 0 spiro atoms. The number of ether oxygens (including phenoxy) is 1. The van der Waals surface area contributed by atoms with E-state index in [0.29, 0.717) is 10.9 Å². The molecule has 140 valence electrons. The smallest absolute Gasteiger partial charge is 0.264 e. The van der Waals surface area contributed by atoms with Gasteiger partial charge in [-0.25, -0.2) is 4.98 Å². The second kappa shape index (κ2) is 8.12. The lowest BCUT2D eigenvalue weighted by Crippen LogP contribution is -2.20. The van der Waals surface area contributed by atoms with E-state index < -0.39 is 0 Å². The number of rotatable bonds is 5. The Morgan fingerprint density at radius 1 is 1.07 bits per heavy atom. The molecule has 4 aromatic rings. The van der Waals surface area contributed by atoms with E-state index in [4.69, 9.17) is 4.74 Å². The van der Waals surface area contributed by atoms with Gasteiger partial charge in [0.15, 0.2) is 11.7 Å². The fraction of sp³-hybridized carbons (Fsp3) is 0.0909. The van der Waals surface area contributed by atoms with Gasteiger partial charge in [0.2, 0.25) is 0 Å². The molecule has 4 nitrogen and oxygen atoms in total. The predicted octanol–water partition coefficient (Wildman–Crippen LogP) is 6.05. The van der Waals surface area contributed by atoms with E-state index in [2.05, 4.69) is 44.4 Å². The maximum Gasteiger partial charge on any atom is 0.264 e. The summed E-state index contributed by atoms with van der Waals surface area (Å²) in [7, 11) is 0. The number of hydrogen-bond acceptors (Lipinski definition) is 4. The second-order valence-electron chi connectivity index (χ2n) is 6.34. The van der Waals surface area contributed by atoms with Crippen LogP contribution in [-0.2, 0) is 4.79 Å². The third kappa shape index (κ3) is 4.24. The third-order valence-electron chi connectivity index (χ3n) is 4.19. The Kier molecular flexibility index (Phi) is 5.41. The number of halogens is 1. The molecule has 0 aliphatic rings. The maximum atomic E-state index is 12.2. The molecule has 0 saturated carbocycles. The maximum absolute atomic E-state index is 12.2. The van der Waals surface area contributed by atoms with Gasteiger partial charge in [-0.2, -0.15) is 0 Å². The van der Waals surface area contributed by atoms with Crippen LogP contribution in [0.3, 0.4) is 0 Å². The van der Waals surface area contributed by atoms with Crippen molar-refractivity contribution in [2.75, 3.05) is 11.9 Å². The fourth-order valence-electron chi connectivity index (χ4n) is 2.81. The SMILES string of the molecule is Cc1ccc2nc(NC(=O)COc3ccc(-c4ccccc4)cc3Br)sc2c1. The lowest BCUT2D eigenvalue weighted by atomic mass is 10.1. The molecule has 0 unspecified atom stereocenters. The van der Waals surface area contributed by atoms with Gasteiger partial charge in [0.25, 0.3) is 5.91 Å². The van der Waals surface area contributed by atoms with Crippen LogP contribution < -0.4 is 10.1 Å². The summed E-state index contributed by atoms with van der Waals surface area (Å²) in [5.41, 5.74) is 4.25. The monoisotopic (exact) mass is 452 g/mol. The summed E-state index contributed by atoms with van der Waals surface area (Å²) >= 11 is 4.98. The lowest BCUT2D eigenvalue weighted by molar-refractivity contribution is -0.118. The molecule has 0 aliphatic heterocycles. The average Bonchev–Trinajstić information content (AvgIpc) is 3.09. The summed E-state index contributed by atoms with van der Waals surface area (Å²) in [4.78, 5) is 16.7. The van der Waals surface area contributed by atoms with Gasteiger partial charge in [0, 0.05) is 0 Å². The third-order valence-corrected chi connectivity index (χ3v) is 5.74. The number of fused-ring (bicyclic) bond motifs is 1. The molecule has 6 heteroatoms. The van der Waals surface area contributed by atoms with Crippen LogP contribution in [-0.4, -0.2) is 17.5 Å². The van der Waals surface area contributed by atoms with Crippen molar-refractivity contribution in [1.82, 2.24) is 4.98 Å². The zero-order valence-corrected chi connectivity index (χ0v) is 17.5. The molecule has 0 aliphatic carbocycles. The molecule has 4 rings (SSSR count). The molecular weight excluding hydrogens is 436 g/mol. The van der Waals surface area contributed by atoms with Crippen molar-refractivity contribution in [2.45, 2.75) is 6.92 Å². The van der Waals surface area contributed by atoms with Crippen molar-refractivity contribution < 1.29 is 9.53 Å². The van der Waals surface area contributed by atoms with E-state index in [1.54, 1.807) is 0 Å². The summed E-state index contributed by atoms with van der Waals surface area (Å²) in [6, 6.07) is 21.9. The Balaban J connectivity index is 1.40. The van der Waals surface area contributed by atoms with Gasteiger partial charge in [-0.15, -0.1) is 0 Å². The van der Waals surface area contributed by atoms with Gasteiger partial charge in [-0.05, 0) is 63.8 Å². The Bertz CT molecular complexity index is 1140. The van der Waals surface area contributed by atoms with Crippen LogP contribution in [0.15, 0.2) is 71.2 Å². The first-order valence-electron chi connectivity index (χ1n) is 8.73. The molecule has 28 heavy (non-hydrogen) atoms. The molecule has 0 saturated heterocycles. The predicted molar refractivity (Wildman–Crippen MR) is 118 cm³/mol. The van der Waals surface area contributed by atoms with Gasteiger partial charge in [-0.1, -0.05) is 53.8 Å². The number of nitrogens with zero attached hydrogens (tertiary/aromatic N) is 1. The van der Waals surface area contributed by atoms with Crippen LogP contribution in [0.1, 0.15) is 5.56 Å². The number of carbonyl (C=O) groups is 1. The van der Waals surface area contributed by atoms with Gasteiger partial charge >= 0.3 is 0 Å². The second-order valence-corrected chi connectivity index (χ2v) is 8.22. The van der Waals surface area contributed by atoms with Crippen molar-refractivity contribution in [1.29, 1.82) is 0 Å². The number of nitrogens with one attached hydrogen (secondary N) is 1. The highest BCUT2D eigenvalue weighted by Gasteiger charge is 2.10. The first-order chi connectivity index (χ1) is 13.6. The van der Waals surface area contributed by atoms with Gasteiger partial charge in [0.05, 0.1) is 14.7 Å². The Labute approximate surface area is 175 Å². The normalized spacial score (nSPS) is 10.8. The number of carbonyl (C=O) groups excluding carboxylic acids is 1. The Morgan fingerprint density at radius 2 is 1.89 bits per heavy atom. The number of aromatic nitrogens is 1. The van der Waals surface area contributed by atoms with E-state index in [0.717, 1.165) is 25.8 Å². The van der Waals surface area contributed by atoms with E-state index in [-0.39, 0.29) is 12.5 Å². The standard InChI is InChI=1S/C22H17BrN2O2S/c1-14-7-9-18-20(11-14)28-22(24-18)25-21(26)13-27-19-10-8-16(12-17(19)23)15-5-3-2-4-6-15/h2-12H,13H2,1H3,(H,24,25,26). The molecule has 1 heterocycles. The van der Waals surface area contributed by atoms with Crippen molar-refractivity contribution in [3.05, 3.63) is 76.8 Å². The highest BCUT2D eigenvalue weighted by Crippen LogP contribution is 2.31. The summed E-state index contributed by atoms with van der Waals surface area (Å²) in [5.74, 6) is 0.379. The highest BCUT2D eigenvalue weighted by molar-refractivity contribution is 9.10. The molecule has 0 fully saturated rings. The number of anilines is 1. The zero-order chi connectivity index (χ0) is 19.5. The molecular formula is C22H17BrN2O2S. The number of thiazole rings is 1. The Hall–Kier alpha value is -2.70. The van der Waals surface area contributed by atoms with E-state index in [1.807, 2.05) is 55.5 Å². The van der Waals surface area contributed by atoms with Gasteiger partial charge in [-0.3, -0.25) is 10.1 Å². The van der Waals surface area contributed by atoms with Gasteiger partial charge < -0.3 is 4.74 Å². The first kappa shape index (κ1) is 18.7. The number of aryl methyl sites for hydroxylation is 1. The van der Waals surface area contributed by atoms with Crippen LogP contribution in [0.25, 0.3) is 21.3 Å². The largest absolute Gasteiger partial charge is 0.483 e. The fourth-order valence-corrected chi connectivity index (χ4v) is 4.29. The first-order valence-corrected chi connectivity index (χ1v) is 10.3. The minimum atomic E-state index is -0.241. The lowest BCUT2D eigenvalue weighted by Gasteiger charge is -2.09. The van der Waals surface area contributed by atoms with Crippen LogP contribution in [0.2, 0.25) is 0 Å². The highest BCUT2D eigenvalue weighted by atomic mass is 79.9. The van der Waals surface area contributed by atoms with Crippen LogP contribution >= 0.6 is 27.3 Å². The van der Waals surface area contributed by atoms with Crippen molar-refractivity contribution in [2.24, 2.45) is 0 Å². The molecule has 1 amide bonds. The van der Waals surface area contributed by atoms with Crippen molar-refractivity contribution in [3.63, 3.8) is 0 Å². The summed E-state index contributed by atoms with van der Waals surface area (Å²) in [6.07, 6.45) is 0. The summed E-state index contributed by atoms with van der Waals surface area (Å²) in [5, 5.41) is 3.38. The minimum Gasteiger partial charge on any atom is -0.483 e. The number of amides is 1. The average molecular weight is 453 g/mol. The van der Waals surface area contributed by atoms with Gasteiger partial charge in [0.1, 0.15) is 5.75 Å². The van der Waals surface area contributed by atoms with Crippen LogP contribution in [0.5, 0.6) is 5.75 Å². The quantitative estimate of drug-likeness (QED) is 0.400. The van der Waals surface area contributed by atoms with E-state index in [1.165, 1.54) is 16.9 Å². The topological polar surface area (TPSA) is 51.2 Å². The van der Waals surface area contributed by atoms with Crippen LogP contribution in [0, 0.1) is 6.92 Å². The Morgan fingerprint density at radius 3 is 2.68 bits per heavy atom. The molecule has 1 N–H and O–H groups in total. The van der Waals surface area contributed by atoms with E-state index in [9.17, 15) is 4.79 Å². The minimum absolute atomic E-state index is 0.0851. The van der Waals surface area contributed by atoms with Crippen molar-refractivity contribution >= 4 is 48.5 Å².